The van der Waals surface area contributed by atoms with E-state index in [9.17, 15) is 13.6 Å². The van der Waals surface area contributed by atoms with Crippen molar-refractivity contribution in [2.75, 3.05) is 5.32 Å². The molecule has 0 aliphatic carbocycles. The summed E-state index contributed by atoms with van der Waals surface area (Å²) in [6.45, 7) is 3.70. The normalized spacial score (nSPS) is 13.6. The van der Waals surface area contributed by atoms with Crippen LogP contribution >= 0.6 is 11.6 Å². The molecule has 1 aromatic heterocycles. The summed E-state index contributed by atoms with van der Waals surface area (Å²) in [5.41, 5.74) is 4.00. The Labute approximate surface area is 205 Å². The second-order valence-electron chi connectivity index (χ2n) is 8.07. The van der Waals surface area contributed by atoms with Gasteiger partial charge < -0.3 is 19.2 Å². The van der Waals surface area contributed by atoms with Crippen molar-refractivity contribution in [3.05, 3.63) is 88.6 Å². The molecule has 0 unspecified atom stereocenters. The Morgan fingerprint density at radius 2 is 1.69 bits per heavy atom. The summed E-state index contributed by atoms with van der Waals surface area (Å²) < 4.78 is 41.7. The van der Waals surface area contributed by atoms with E-state index in [1.54, 1.807) is 25.1 Å². The van der Waals surface area contributed by atoms with Crippen LogP contribution in [0.4, 0.5) is 14.5 Å². The molecule has 3 aromatic carbocycles. The highest BCUT2D eigenvalue weighted by atomic mass is 35.5. The van der Waals surface area contributed by atoms with Crippen LogP contribution in [0.2, 0.25) is 5.02 Å². The number of hydrogen-bond acceptors (Lipinski definition) is 4. The molecule has 0 radical (unpaired) electrons. The Hall–Kier alpha value is -3.84. The number of fused-ring (bicyclic) bond motifs is 1. The second kappa shape index (κ2) is 8.74. The lowest BCUT2D eigenvalue weighted by Gasteiger charge is -2.13. The summed E-state index contributed by atoms with van der Waals surface area (Å²) in [5.74, 6) is 0.629. The van der Waals surface area contributed by atoms with Gasteiger partial charge in [-0.25, -0.2) is 0 Å². The summed E-state index contributed by atoms with van der Waals surface area (Å²) in [7, 11) is 0. The highest BCUT2D eigenvalue weighted by Gasteiger charge is 2.43. The first-order valence-corrected chi connectivity index (χ1v) is 11.3. The maximum absolute atomic E-state index is 13.4. The lowest BCUT2D eigenvalue weighted by atomic mass is 9.99. The van der Waals surface area contributed by atoms with Crippen LogP contribution in [0.25, 0.3) is 22.5 Å². The Morgan fingerprint density at radius 1 is 0.971 bits per heavy atom. The Morgan fingerprint density at radius 3 is 2.40 bits per heavy atom. The van der Waals surface area contributed by atoms with Crippen molar-refractivity contribution in [3.63, 3.8) is 0 Å². The quantitative estimate of drug-likeness (QED) is 0.308. The molecule has 1 amide bonds. The Bertz CT molecular complexity index is 1430. The van der Waals surface area contributed by atoms with E-state index in [-0.39, 0.29) is 22.4 Å². The van der Waals surface area contributed by atoms with E-state index >= 15 is 0 Å². The van der Waals surface area contributed by atoms with Gasteiger partial charge in [0.05, 0.1) is 10.6 Å². The zero-order valence-electron chi connectivity index (χ0n) is 18.8. The van der Waals surface area contributed by atoms with E-state index in [1.807, 2.05) is 43.3 Å². The molecule has 0 atom stereocenters. The third-order valence-electron chi connectivity index (χ3n) is 5.76. The molecule has 0 fully saturated rings. The van der Waals surface area contributed by atoms with E-state index in [0.29, 0.717) is 40.3 Å². The Kier molecular flexibility index (Phi) is 5.73. The molecule has 178 valence electrons. The molecule has 5 rings (SSSR count). The molecule has 1 aliphatic heterocycles. The number of carbonyl (C=O) groups is 1. The molecule has 0 saturated carbocycles. The van der Waals surface area contributed by atoms with Crippen molar-refractivity contribution >= 4 is 23.2 Å². The predicted molar refractivity (Wildman–Crippen MR) is 129 cm³/mol. The van der Waals surface area contributed by atoms with Gasteiger partial charge in [-0.2, -0.15) is 0 Å². The summed E-state index contributed by atoms with van der Waals surface area (Å²) >= 11 is 6.34. The largest absolute Gasteiger partial charge is 0.586 e. The number of amides is 1. The zero-order chi connectivity index (χ0) is 24.7. The fourth-order valence-electron chi connectivity index (χ4n) is 4.01. The number of benzene rings is 3. The number of halogens is 3. The summed E-state index contributed by atoms with van der Waals surface area (Å²) in [6, 6.07) is 19.4. The van der Waals surface area contributed by atoms with Crippen LogP contribution in [-0.4, -0.2) is 12.2 Å². The van der Waals surface area contributed by atoms with Crippen molar-refractivity contribution in [2.24, 2.45) is 0 Å². The molecular formula is C27H20ClF2NO4. The van der Waals surface area contributed by atoms with E-state index in [1.165, 1.54) is 12.1 Å². The maximum atomic E-state index is 13.4. The van der Waals surface area contributed by atoms with Crippen LogP contribution < -0.4 is 14.8 Å². The van der Waals surface area contributed by atoms with E-state index in [2.05, 4.69) is 14.8 Å². The van der Waals surface area contributed by atoms with Gasteiger partial charge in [0.2, 0.25) is 0 Å². The molecule has 0 bridgehead atoms. The fourth-order valence-corrected chi connectivity index (χ4v) is 4.27. The third-order valence-corrected chi connectivity index (χ3v) is 6.07. The topological polar surface area (TPSA) is 60.7 Å². The van der Waals surface area contributed by atoms with Gasteiger partial charge >= 0.3 is 6.29 Å². The lowest BCUT2D eigenvalue weighted by Crippen LogP contribution is -2.25. The molecule has 8 heteroatoms. The summed E-state index contributed by atoms with van der Waals surface area (Å²) in [4.78, 5) is 13.1. The van der Waals surface area contributed by atoms with E-state index < -0.39 is 6.29 Å². The molecule has 4 aromatic rings. The maximum Gasteiger partial charge on any atom is 0.586 e. The molecule has 35 heavy (non-hydrogen) atoms. The van der Waals surface area contributed by atoms with Gasteiger partial charge in [-0.05, 0) is 48.7 Å². The number of rotatable bonds is 5. The molecule has 1 aliphatic rings. The van der Waals surface area contributed by atoms with Crippen LogP contribution in [0, 0.1) is 6.92 Å². The van der Waals surface area contributed by atoms with Crippen molar-refractivity contribution in [1.29, 1.82) is 0 Å². The monoisotopic (exact) mass is 495 g/mol. The van der Waals surface area contributed by atoms with Crippen LogP contribution in [0.15, 0.2) is 71.1 Å². The van der Waals surface area contributed by atoms with Crippen molar-refractivity contribution in [3.8, 4) is 33.9 Å². The second-order valence-corrected chi connectivity index (χ2v) is 8.48. The molecule has 1 N–H and O–H groups in total. The van der Waals surface area contributed by atoms with Crippen LogP contribution in [0.5, 0.6) is 11.5 Å². The number of ether oxygens (including phenoxy) is 2. The van der Waals surface area contributed by atoms with Crippen LogP contribution in [-0.2, 0) is 6.42 Å². The van der Waals surface area contributed by atoms with Gasteiger partial charge in [0.25, 0.3) is 5.91 Å². The number of furan rings is 1. The number of aryl methyl sites for hydroxylation is 2. The molecule has 2 heterocycles. The minimum atomic E-state index is -3.72. The predicted octanol–water partition coefficient (Wildman–Crippen LogP) is 7.71. The first kappa shape index (κ1) is 22.9. The standard InChI is InChI=1S/C27H20ClF2NO4/c1-3-16-11-18(20-13-24-25(14-21(20)28)35-27(29,30)34-24)9-10-22(16)31-26(32)19-12-23(33-15(19)2)17-7-5-4-6-8-17/h4-14H,3H2,1-2H3,(H,31,32). The average molecular weight is 496 g/mol. The molecular weight excluding hydrogens is 476 g/mol. The first-order chi connectivity index (χ1) is 16.7. The lowest BCUT2D eigenvalue weighted by molar-refractivity contribution is -0.286. The highest BCUT2D eigenvalue weighted by molar-refractivity contribution is 6.33. The number of nitrogens with one attached hydrogen (secondary N) is 1. The number of carbonyl (C=O) groups excluding carboxylic acids is 1. The average Bonchev–Trinajstić information content (AvgIpc) is 3.37. The van der Waals surface area contributed by atoms with Gasteiger partial charge in [-0.15, -0.1) is 8.78 Å². The van der Waals surface area contributed by atoms with Crippen LogP contribution in [0.1, 0.15) is 28.6 Å². The van der Waals surface area contributed by atoms with Crippen molar-refractivity contribution < 1.29 is 27.5 Å². The fraction of sp³-hybridized carbons (Fsp3) is 0.148. The number of hydrogen-bond donors (Lipinski definition) is 1. The Balaban J connectivity index is 1.42. The van der Waals surface area contributed by atoms with E-state index in [0.717, 1.165) is 11.1 Å². The van der Waals surface area contributed by atoms with Crippen LogP contribution in [0.3, 0.4) is 0 Å². The van der Waals surface area contributed by atoms with Gasteiger partial charge in [0, 0.05) is 22.9 Å². The summed E-state index contributed by atoms with van der Waals surface area (Å²) in [5, 5.41) is 3.20. The third kappa shape index (κ3) is 4.47. The smallest absolute Gasteiger partial charge is 0.461 e. The molecule has 0 saturated heterocycles. The minimum Gasteiger partial charge on any atom is -0.461 e. The van der Waals surface area contributed by atoms with Gasteiger partial charge in [-0.1, -0.05) is 54.9 Å². The minimum absolute atomic E-state index is 0.0884. The van der Waals surface area contributed by atoms with Gasteiger partial charge in [-0.3, -0.25) is 4.79 Å². The number of alkyl halides is 2. The van der Waals surface area contributed by atoms with E-state index in [4.69, 9.17) is 16.0 Å². The molecule has 0 spiro atoms. The van der Waals surface area contributed by atoms with Gasteiger partial charge in [0.15, 0.2) is 11.5 Å². The summed E-state index contributed by atoms with van der Waals surface area (Å²) in [6.07, 6.45) is -3.11. The highest BCUT2D eigenvalue weighted by Crippen LogP contribution is 2.46. The van der Waals surface area contributed by atoms with Crippen molar-refractivity contribution in [1.82, 2.24) is 0 Å². The zero-order valence-corrected chi connectivity index (χ0v) is 19.6. The molecule has 5 nitrogen and oxygen atoms in total. The number of anilines is 1. The first-order valence-electron chi connectivity index (χ1n) is 10.9. The van der Waals surface area contributed by atoms with Crippen molar-refractivity contribution in [2.45, 2.75) is 26.6 Å². The SMILES string of the molecule is CCc1cc(-c2cc3c(cc2Cl)OC(F)(F)O3)ccc1NC(=O)c1cc(-c2ccccc2)oc1C. The van der Waals surface area contributed by atoms with Gasteiger partial charge in [0.1, 0.15) is 11.5 Å².